The molecule has 2 heterocycles. The Bertz CT molecular complexity index is 422. The normalized spacial score (nSPS) is 42.4. The van der Waals surface area contributed by atoms with Gasteiger partial charge in [-0.15, -0.1) is 0 Å². The van der Waals surface area contributed by atoms with E-state index in [0.29, 0.717) is 25.9 Å². The molecule has 2 fully saturated rings. The molecule has 2 aliphatic heterocycles. The Morgan fingerprint density at radius 1 is 1.42 bits per heavy atom. The Balaban J connectivity index is 2.21. The molecule has 3 atom stereocenters. The van der Waals surface area contributed by atoms with Crippen LogP contribution in [-0.4, -0.2) is 49.9 Å². The summed E-state index contributed by atoms with van der Waals surface area (Å²) in [5.74, 6) is 0.164. The zero-order valence-electron chi connectivity index (χ0n) is 11.6. The Labute approximate surface area is 115 Å². The van der Waals surface area contributed by atoms with Crippen molar-refractivity contribution in [3.63, 3.8) is 0 Å². The van der Waals surface area contributed by atoms with E-state index < -0.39 is 20.9 Å². The summed E-state index contributed by atoms with van der Waals surface area (Å²) in [7, 11) is -3.06. The van der Waals surface area contributed by atoms with Crippen LogP contribution in [0.15, 0.2) is 0 Å². The third kappa shape index (κ3) is 2.82. The van der Waals surface area contributed by atoms with E-state index in [0.717, 1.165) is 12.8 Å². The van der Waals surface area contributed by atoms with E-state index in [1.54, 1.807) is 0 Å². The largest absolute Gasteiger partial charge is 0.389 e. The Morgan fingerprint density at radius 3 is 2.68 bits per heavy atom. The van der Waals surface area contributed by atoms with Crippen molar-refractivity contribution in [2.24, 2.45) is 11.1 Å². The molecule has 0 aliphatic carbocycles. The maximum Gasteiger partial charge on any atom is 0.151 e. The van der Waals surface area contributed by atoms with Crippen molar-refractivity contribution in [2.75, 3.05) is 24.7 Å². The molecule has 2 saturated heterocycles. The second-order valence-electron chi connectivity index (χ2n) is 6.09. The first-order valence-corrected chi connectivity index (χ1v) is 8.93. The lowest BCUT2D eigenvalue weighted by Crippen LogP contribution is -2.57. The van der Waals surface area contributed by atoms with Crippen LogP contribution in [0.2, 0.25) is 0 Å². The minimum atomic E-state index is -3.06. The molecule has 0 aromatic rings. The molecule has 0 aromatic heterocycles. The highest BCUT2D eigenvalue weighted by atomic mass is 32.2. The third-order valence-corrected chi connectivity index (χ3v) is 6.63. The number of hydrogen-bond acceptors (Lipinski definition) is 5. The van der Waals surface area contributed by atoms with E-state index in [1.165, 1.54) is 0 Å². The topological polar surface area (TPSA) is 89.6 Å². The number of nitrogens with two attached hydrogens (primary N) is 1. The first kappa shape index (κ1) is 15.2. The highest BCUT2D eigenvalue weighted by Gasteiger charge is 2.56. The van der Waals surface area contributed by atoms with Crippen molar-refractivity contribution in [1.29, 1.82) is 0 Å². The Morgan fingerprint density at radius 2 is 2.16 bits per heavy atom. The molecular formula is C13H25NO4S. The summed E-state index contributed by atoms with van der Waals surface area (Å²) >= 11 is 0. The molecule has 3 N–H and O–H groups in total. The van der Waals surface area contributed by atoms with Crippen molar-refractivity contribution in [3.8, 4) is 0 Å². The van der Waals surface area contributed by atoms with Gasteiger partial charge in [0, 0.05) is 31.4 Å². The summed E-state index contributed by atoms with van der Waals surface area (Å²) in [6.07, 6.45) is 3.38. The van der Waals surface area contributed by atoms with Crippen molar-refractivity contribution < 1.29 is 18.3 Å². The standard InChI is InChI=1S/C13H25NO4S/c1-2-3-11-8-13(15,4-6-18-11)12(9-14)5-7-19(16,17)10-12/h11,15H,2-10,14H2,1H3. The zero-order chi connectivity index (χ0) is 14.1. The lowest BCUT2D eigenvalue weighted by molar-refractivity contribution is -0.159. The van der Waals surface area contributed by atoms with Crippen molar-refractivity contribution in [2.45, 2.75) is 50.7 Å². The van der Waals surface area contributed by atoms with Crippen molar-refractivity contribution >= 4 is 9.84 Å². The zero-order valence-corrected chi connectivity index (χ0v) is 12.4. The molecule has 112 valence electrons. The minimum absolute atomic E-state index is 0.0197. The molecule has 0 radical (unpaired) electrons. The van der Waals surface area contributed by atoms with E-state index >= 15 is 0 Å². The van der Waals surface area contributed by atoms with E-state index in [4.69, 9.17) is 10.5 Å². The van der Waals surface area contributed by atoms with Gasteiger partial charge in [-0.25, -0.2) is 8.42 Å². The summed E-state index contributed by atoms with van der Waals surface area (Å²) in [6.45, 7) is 2.79. The molecule has 19 heavy (non-hydrogen) atoms. The fourth-order valence-electron chi connectivity index (χ4n) is 3.56. The van der Waals surface area contributed by atoms with Crippen LogP contribution in [-0.2, 0) is 14.6 Å². The number of ether oxygens (including phenoxy) is 1. The predicted molar refractivity (Wildman–Crippen MR) is 73.6 cm³/mol. The van der Waals surface area contributed by atoms with Crippen LogP contribution in [0, 0.1) is 5.41 Å². The average molecular weight is 291 g/mol. The highest BCUT2D eigenvalue weighted by molar-refractivity contribution is 7.91. The van der Waals surface area contributed by atoms with Crippen molar-refractivity contribution in [1.82, 2.24) is 0 Å². The summed E-state index contributed by atoms with van der Waals surface area (Å²) in [5, 5.41) is 11.0. The number of rotatable bonds is 4. The average Bonchev–Trinajstić information content (AvgIpc) is 2.67. The molecular weight excluding hydrogens is 266 g/mol. The van der Waals surface area contributed by atoms with Gasteiger partial charge < -0.3 is 15.6 Å². The van der Waals surface area contributed by atoms with Gasteiger partial charge in [0.25, 0.3) is 0 Å². The van der Waals surface area contributed by atoms with Crippen LogP contribution in [0.4, 0.5) is 0 Å². The molecule has 0 spiro atoms. The fraction of sp³-hybridized carbons (Fsp3) is 1.00. The van der Waals surface area contributed by atoms with E-state index in [1.807, 2.05) is 0 Å². The minimum Gasteiger partial charge on any atom is -0.389 e. The molecule has 6 heteroatoms. The SMILES string of the molecule is CCCC1CC(O)(C2(CN)CCS(=O)(=O)C2)CCO1. The number of hydrogen-bond donors (Lipinski definition) is 2. The van der Waals surface area contributed by atoms with Gasteiger partial charge in [0.1, 0.15) is 0 Å². The molecule has 5 nitrogen and oxygen atoms in total. The van der Waals surface area contributed by atoms with Gasteiger partial charge in [-0.05, 0) is 12.8 Å². The molecule has 0 aromatic carbocycles. The number of aliphatic hydroxyl groups is 1. The van der Waals surface area contributed by atoms with Crippen molar-refractivity contribution in [3.05, 3.63) is 0 Å². The van der Waals surface area contributed by atoms with Crippen LogP contribution in [0.1, 0.15) is 39.0 Å². The maximum absolute atomic E-state index is 11.8. The molecule has 0 bridgehead atoms. The van der Waals surface area contributed by atoms with E-state index in [9.17, 15) is 13.5 Å². The smallest absolute Gasteiger partial charge is 0.151 e. The summed E-state index contributed by atoms with van der Waals surface area (Å²) in [5.41, 5.74) is 4.18. The first-order valence-electron chi connectivity index (χ1n) is 7.11. The monoisotopic (exact) mass is 291 g/mol. The summed E-state index contributed by atoms with van der Waals surface area (Å²) in [4.78, 5) is 0. The highest BCUT2D eigenvalue weighted by Crippen LogP contribution is 2.47. The lowest BCUT2D eigenvalue weighted by Gasteiger charge is -2.48. The Hall–Kier alpha value is -0.170. The molecule has 0 amide bonds. The van der Waals surface area contributed by atoms with Crippen LogP contribution in [0.25, 0.3) is 0 Å². The predicted octanol–water partition coefficient (Wildman–Crippen LogP) is 0.460. The van der Waals surface area contributed by atoms with Gasteiger partial charge in [0.2, 0.25) is 0 Å². The maximum atomic E-state index is 11.8. The van der Waals surface area contributed by atoms with Gasteiger partial charge in [-0.3, -0.25) is 0 Å². The second-order valence-corrected chi connectivity index (χ2v) is 8.28. The molecule has 3 unspecified atom stereocenters. The van der Waals surface area contributed by atoms with Crippen LogP contribution in [0.3, 0.4) is 0 Å². The van der Waals surface area contributed by atoms with E-state index in [2.05, 4.69) is 6.92 Å². The molecule has 2 rings (SSSR count). The van der Waals surface area contributed by atoms with Gasteiger partial charge in [0.05, 0.1) is 23.2 Å². The van der Waals surface area contributed by atoms with Crippen LogP contribution >= 0.6 is 0 Å². The van der Waals surface area contributed by atoms with Gasteiger partial charge in [-0.1, -0.05) is 13.3 Å². The summed E-state index contributed by atoms with van der Waals surface area (Å²) in [6, 6.07) is 0. The van der Waals surface area contributed by atoms with Crippen LogP contribution < -0.4 is 5.73 Å². The van der Waals surface area contributed by atoms with Gasteiger partial charge in [-0.2, -0.15) is 0 Å². The third-order valence-electron chi connectivity index (χ3n) is 4.81. The second kappa shape index (κ2) is 5.31. The fourth-order valence-corrected chi connectivity index (χ4v) is 5.77. The lowest BCUT2D eigenvalue weighted by atomic mass is 9.66. The molecule has 0 saturated carbocycles. The van der Waals surface area contributed by atoms with Gasteiger partial charge >= 0.3 is 0 Å². The van der Waals surface area contributed by atoms with E-state index in [-0.39, 0.29) is 24.2 Å². The van der Waals surface area contributed by atoms with Gasteiger partial charge in [0.15, 0.2) is 9.84 Å². The van der Waals surface area contributed by atoms with Crippen LogP contribution in [0.5, 0.6) is 0 Å². The quantitative estimate of drug-likeness (QED) is 0.785. The first-order chi connectivity index (χ1) is 8.86. The number of sulfone groups is 1. The molecule has 2 aliphatic rings. The summed E-state index contributed by atoms with van der Waals surface area (Å²) < 4.78 is 29.3. The Kier molecular flexibility index (Phi) is 4.26.